The minimum absolute atomic E-state index is 0.136. The Bertz CT molecular complexity index is 835. The standard InChI is InChI=1S/C20H20N2O5/c1-2-16-17(23)22(20(26)21-12-13-6-4-3-5-7-13)18(16)27-15-10-8-14(9-11-15)19(24)25/h3-11,16,18H,2,12H2,1H3,(H,21,26)(H,24,25)/t16-,18-/m0/s1. The predicted molar refractivity (Wildman–Crippen MR) is 97.1 cm³/mol. The Labute approximate surface area is 156 Å². The van der Waals surface area contributed by atoms with Crippen LogP contribution in [0.25, 0.3) is 0 Å². The average molecular weight is 368 g/mol. The number of amides is 3. The predicted octanol–water partition coefficient (Wildman–Crippen LogP) is 2.87. The van der Waals surface area contributed by atoms with E-state index in [2.05, 4.69) is 5.32 Å². The van der Waals surface area contributed by atoms with Gasteiger partial charge in [-0.3, -0.25) is 4.79 Å². The number of hydrogen-bond acceptors (Lipinski definition) is 4. The smallest absolute Gasteiger partial charge is 0.335 e. The topological polar surface area (TPSA) is 95.9 Å². The van der Waals surface area contributed by atoms with Crippen LogP contribution in [-0.2, 0) is 11.3 Å². The molecule has 0 radical (unpaired) electrons. The summed E-state index contributed by atoms with van der Waals surface area (Å²) < 4.78 is 5.80. The number of ether oxygens (including phenoxy) is 1. The average Bonchev–Trinajstić information content (AvgIpc) is 2.67. The molecular formula is C20H20N2O5. The number of β-lactam (4-membered cyclic amide) rings is 1. The molecule has 1 heterocycles. The van der Waals surface area contributed by atoms with Gasteiger partial charge in [-0.1, -0.05) is 37.3 Å². The van der Waals surface area contributed by atoms with E-state index in [1.807, 2.05) is 37.3 Å². The molecule has 2 N–H and O–H groups in total. The van der Waals surface area contributed by atoms with Crippen molar-refractivity contribution >= 4 is 17.9 Å². The van der Waals surface area contributed by atoms with Crippen molar-refractivity contribution in [3.8, 4) is 5.75 Å². The van der Waals surface area contributed by atoms with Crippen LogP contribution in [0.1, 0.15) is 29.3 Å². The van der Waals surface area contributed by atoms with Crippen LogP contribution < -0.4 is 10.1 Å². The zero-order chi connectivity index (χ0) is 19.4. The summed E-state index contributed by atoms with van der Waals surface area (Å²) in [7, 11) is 0. The summed E-state index contributed by atoms with van der Waals surface area (Å²) in [4.78, 5) is 36.7. The minimum atomic E-state index is -1.03. The van der Waals surface area contributed by atoms with E-state index in [1.165, 1.54) is 24.3 Å². The number of carboxylic acids is 1. The fourth-order valence-electron chi connectivity index (χ4n) is 2.92. The summed E-state index contributed by atoms with van der Waals surface area (Å²) in [6.07, 6.45) is -0.173. The van der Waals surface area contributed by atoms with Crippen molar-refractivity contribution in [2.24, 2.45) is 5.92 Å². The van der Waals surface area contributed by atoms with Crippen molar-refractivity contribution < 1.29 is 24.2 Å². The number of hydrogen-bond donors (Lipinski definition) is 2. The molecule has 0 aliphatic carbocycles. The number of benzene rings is 2. The molecule has 3 amide bonds. The Morgan fingerprint density at radius 1 is 1.11 bits per heavy atom. The number of carbonyl (C=O) groups excluding carboxylic acids is 2. The lowest BCUT2D eigenvalue weighted by atomic mass is 9.93. The molecular weight excluding hydrogens is 348 g/mol. The minimum Gasteiger partial charge on any atom is -0.478 e. The molecule has 27 heavy (non-hydrogen) atoms. The Balaban J connectivity index is 1.67. The first-order valence-electron chi connectivity index (χ1n) is 8.66. The maximum Gasteiger partial charge on any atom is 0.335 e. The third-order valence-corrected chi connectivity index (χ3v) is 4.46. The number of nitrogens with one attached hydrogen (secondary N) is 1. The second-order valence-electron chi connectivity index (χ2n) is 6.21. The third kappa shape index (κ3) is 3.92. The molecule has 140 valence electrons. The van der Waals surface area contributed by atoms with Gasteiger partial charge in [-0.25, -0.2) is 14.5 Å². The first kappa shape index (κ1) is 18.4. The van der Waals surface area contributed by atoms with Crippen LogP contribution in [0, 0.1) is 5.92 Å². The second kappa shape index (κ2) is 7.90. The molecule has 1 aliphatic heterocycles. The molecule has 7 nitrogen and oxygen atoms in total. The SMILES string of the molecule is CC[C@H]1C(=O)N(C(=O)NCc2ccccc2)[C@H]1Oc1ccc(C(=O)O)cc1. The van der Waals surface area contributed by atoms with E-state index in [4.69, 9.17) is 9.84 Å². The number of carboxylic acid groups (broad SMARTS) is 1. The molecule has 0 aromatic heterocycles. The second-order valence-corrected chi connectivity index (χ2v) is 6.21. The monoisotopic (exact) mass is 368 g/mol. The van der Waals surface area contributed by atoms with Gasteiger partial charge in [0.1, 0.15) is 5.75 Å². The van der Waals surface area contributed by atoms with Crippen molar-refractivity contribution in [3.05, 3.63) is 65.7 Å². The van der Waals surface area contributed by atoms with Crippen LogP contribution >= 0.6 is 0 Å². The molecule has 2 aromatic carbocycles. The van der Waals surface area contributed by atoms with Gasteiger partial charge < -0.3 is 15.2 Å². The number of aromatic carboxylic acids is 1. The molecule has 0 spiro atoms. The van der Waals surface area contributed by atoms with Gasteiger partial charge in [0.2, 0.25) is 5.91 Å². The van der Waals surface area contributed by atoms with Gasteiger partial charge in [-0.2, -0.15) is 0 Å². The molecule has 3 rings (SSSR count). The Morgan fingerprint density at radius 2 is 1.78 bits per heavy atom. The number of urea groups is 1. The molecule has 0 bridgehead atoms. The first-order chi connectivity index (χ1) is 13.0. The van der Waals surface area contributed by atoms with Crippen molar-refractivity contribution in [3.63, 3.8) is 0 Å². The Hall–Kier alpha value is -3.35. The van der Waals surface area contributed by atoms with E-state index in [1.54, 1.807) is 0 Å². The molecule has 1 fully saturated rings. The van der Waals surface area contributed by atoms with Gasteiger partial charge in [0.05, 0.1) is 11.5 Å². The van der Waals surface area contributed by atoms with Gasteiger partial charge in [0.25, 0.3) is 0 Å². The van der Waals surface area contributed by atoms with Crippen LogP contribution in [-0.4, -0.2) is 34.1 Å². The maximum absolute atomic E-state index is 12.5. The van der Waals surface area contributed by atoms with Gasteiger partial charge in [0, 0.05) is 6.54 Å². The van der Waals surface area contributed by atoms with Crippen LogP contribution in [0.15, 0.2) is 54.6 Å². The zero-order valence-electron chi connectivity index (χ0n) is 14.8. The molecule has 2 atom stereocenters. The third-order valence-electron chi connectivity index (χ3n) is 4.46. The lowest BCUT2D eigenvalue weighted by Gasteiger charge is -2.44. The van der Waals surface area contributed by atoms with Crippen LogP contribution in [0.2, 0.25) is 0 Å². The van der Waals surface area contributed by atoms with Gasteiger partial charge in [0.15, 0.2) is 6.23 Å². The summed E-state index contributed by atoms with van der Waals surface area (Å²) in [5, 5.41) is 11.7. The summed E-state index contributed by atoms with van der Waals surface area (Å²) in [5.41, 5.74) is 1.06. The molecule has 7 heteroatoms. The Kier molecular flexibility index (Phi) is 5.40. The van der Waals surface area contributed by atoms with Crippen molar-refractivity contribution in [2.45, 2.75) is 26.1 Å². The fraction of sp³-hybridized carbons (Fsp3) is 0.250. The van der Waals surface area contributed by atoms with E-state index < -0.39 is 24.1 Å². The Morgan fingerprint density at radius 3 is 2.37 bits per heavy atom. The van der Waals surface area contributed by atoms with E-state index in [-0.39, 0.29) is 11.5 Å². The maximum atomic E-state index is 12.5. The number of nitrogens with zero attached hydrogens (tertiary/aromatic N) is 1. The lowest BCUT2D eigenvalue weighted by molar-refractivity contribution is -0.167. The quantitative estimate of drug-likeness (QED) is 0.765. The zero-order valence-corrected chi connectivity index (χ0v) is 14.8. The van der Waals surface area contributed by atoms with Crippen LogP contribution in [0.4, 0.5) is 4.79 Å². The molecule has 1 aliphatic rings. The van der Waals surface area contributed by atoms with Crippen LogP contribution in [0.5, 0.6) is 5.75 Å². The van der Waals surface area contributed by atoms with Crippen molar-refractivity contribution in [1.82, 2.24) is 10.2 Å². The summed E-state index contributed by atoms with van der Waals surface area (Å²) in [6.45, 7) is 2.16. The highest BCUT2D eigenvalue weighted by atomic mass is 16.5. The summed E-state index contributed by atoms with van der Waals surface area (Å²) in [6, 6.07) is 14.7. The molecule has 0 saturated carbocycles. The van der Waals surface area contributed by atoms with E-state index in [0.717, 1.165) is 10.5 Å². The number of likely N-dealkylation sites (tertiary alicyclic amines) is 1. The molecule has 1 saturated heterocycles. The summed E-state index contributed by atoms with van der Waals surface area (Å²) in [5.74, 6) is -1.33. The lowest BCUT2D eigenvalue weighted by Crippen LogP contribution is -2.67. The van der Waals surface area contributed by atoms with Crippen molar-refractivity contribution in [1.29, 1.82) is 0 Å². The van der Waals surface area contributed by atoms with Gasteiger partial charge in [-0.15, -0.1) is 0 Å². The summed E-state index contributed by atoms with van der Waals surface area (Å²) >= 11 is 0. The number of imide groups is 1. The normalized spacial score (nSPS) is 18.6. The number of carbonyl (C=O) groups is 3. The highest BCUT2D eigenvalue weighted by molar-refractivity contribution is 6.01. The highest BCUT2D eigenvalue weighted by Crippen LogP contribution is 2.32. The van der Waals surface area contributed by atoms with Crippen LogP contribution in [0.3, 0.4) is 0 Å². The molecule has 0 unspecified atom stereocenters. The molecule has 2 aromatic rings. The largest absolute Gasteiger partial charge is 0.478 e. The van der Waals surface area contributed by atoms with Gasteiger partial charge >= 0.3 is 12.0 Å². The first-order valence-corrected chi connectivity index (χ1v) is 8.66. The van der Waals surface area contributed by atoms with Gasteiger partial charge in [-0.05, 0) is 36.2 Å². The van der Waals surface area contributed by atoms with Crippen molar-refractivity contribution in [2.75, 3.05) is 0 Å². The van der Waals surface area contributed by atoms with E-state index in [0.29, 0.717) is 18.7 Å². The fourth-order valence-corrected chi connectivity index (χ4v) is 2.92. The number of rotatable bonds is 6. The van der Waals surface area contributed by atoms with E-state index >= 15 is 0 Å². The van der Waals surface area contributed by atoms with E-state index in [9.17, 15) is 14.4 Å². The highest BCUT2D eigenvalue weighted by Gasteiger charge is 2.51.